The van der Waals surface area contributed by atoms with Crippen molar-refractivity contribution in [2.75, 3.05) is 0 Å². The smallest absolute Gasteiger partial charge is 0.130 e. The average Bonchev–Trinajstić information content (AvgIpc) is 2.83. The minimum atomic E-state index is 0.441. The number of aromatic nitrogens is 2. The third-order valence-electron chi connectivity index (χ3n) is 5.37. The fraction of sp³-hybridized carbons (Fsp3) is 0.0714. The quantitative estimate of drug-likeness (QED) is 0.322. The van der Waals surface area contributed by atoms with Crippen LogP contribution in [0.3, 0.4) is 0 Å². The summed E-state index contributed by atoms with van der Waals surface area (Å²) in [5.41, 5.74) is 7.86. The number of hydrogen-bond donors (Lipinski definition) is 0. The lowest BCUT2D eigenvalue weighted by molar-refractivity contribution is 0.302. The van der Waals surface area contributed by atoms with Crippen LogP contribution in [-0.4, -0.2) is 9.97 Å². The van der Waals surface area contributed by atoms with Gasteiger partial charge in [0.25, 0.3) is 0 Å². The van der Waals surface area contributed by atoms with Crippen molar-refractivity contribution in [2.24, 2.45) is 0 Å². The second-order valence-corrected chi connectivity index (χ2v) is 7.59. The molecule has 0 bridgehead atoms. The van der Waals surface area contributed by atoms with Gasteiger partial charge in [0, 0.05) is 17.8 Å². The number of hydrogen-bond acceptors (Lipinski definition) is 3. The van der Waals surface area contributed by atoms with E-state index >= 15 is 0 Å². The molecule has 0 aliphatic heterocycles. The summed E-state index contributed by atoms with van der Waals surface area (Å²) in [6.45, 7) is 2.56. The largest absolute Gasteiger partial charge is 0.487 e. The molecule has 3 heteroatoms. The molecule has 3 aromatic carbocycles. The SMILES string of the molecule is Cc1ccc(-c2ccncc2)c(-c2ccc(OCc3ccc4ccccc4n3)cc2)c1. The standard InChI is InChI=1S/C28H22N2O/c1-20-6-13-26(22-14-16-29-17-15-22)27(18-20)21-8-11-25(12-9-21)31-19-24-10-7-23-4-2-3-5-28(23)30-24/h2-18H,19H2,1H3. The van der Waals surface area contributed by atoms with Crippen LogP contribution in [0.1, 0.15) is 11.3 Å². The van der Waals surface area contributed by atoms with E-state index in [0.29, 0.717) is 6.61 Å². The van der Waals surface area contributed by atoms with Crippen LogP contribution in [0.2, 0.25) is 0 Å². The van der Waals surface area contributed by atoms with E-state index in [1.165, 1.54) is 16.7 Å². The maximum atomic E-state index is 6.00. The Bertz CT molecular complexity index is 1330. The first kappa shape index (κ1) is 19.0. The molecule has 0 amide bonds. The van der Waals surface area contributed by atoms with Gasteiger partial charge in [-0.2, -0.15) is 0 Å². The maximum Gasteiger partial charge on any atom is 0.130 e. The number of ether oxygens (including phenoxy) is 1. The molecule has 5 rings (SSSR count). The van der Waals surface area contributed by atoms with Crippen LogP contribution in [0, 0.1) is 6.92 Å². The van der Waals surface area contributed by atoms with E-state index in [-0.39, 0.29) is 0 Å². The van der Waals surface area contributed by atoms with Crippen molar-refractivity contribution in [3.05, 3.63) is 115 Å². The molecule has 0 aliphatic rings. The molecule has 0 spiro atoms. The number of rotatable bonds is 5. The van der Waals surface area contributed by atoms with Crippen LogP contribution in [-0.2, 0) is 6.61 Å². The molecule has 3 nitrogen and oxygen atoms in total. The van der Waals surface area contributed by atoms with Crippen LogP contribution in [0.25, 0.3) is 33.2 Å². The van der Waals surface area contributed by atoms with Gasteiger partial charge in [-0.1, -0.05) is 60.2 Å². The van der Waals surface area contributed by atoms with Crippen LogP contribution < -0.4 is 4.74 Å². The molecule has 0 atom stereocenters. The maximum absolute atomic E-state index is 6.00. The second-order valence-electron chi connectivity index (χ2n) is 7.59. The molecule has 2 heterocycles. The third-order valence-corrected chi connectivity index (χ3v) is 5.37. The van der Waals surface area contributed by atoms with Crippen LogP contribution in [0.15, 0.2) is 103 Å². The monoisotopic (exact) mass is 402 g/mol. The lowest BCUT2D eigenvalue weighted by Gasteiger charge is -2.12. The van der Waals surface area contributed by atoms with Gasteiger partial charge in [0.1, 0.15) is 12.4 Å². The van der Waals surface area contributed by atoms with E-state index in [1.54, 1.807) is 0 Å². The zero-order valence-corrected chi connectivity index (χ0v) is 17.3. The molecule has 31 heavy (non-hydrogen) atoms. The highest BCUT2D eigenvalue weighted by Crippen LogP contribution is 2.33. The van der Waals surface area contributed by atoms with Crippen molar-refractivity contribution in [3.63, 3.8) is 0 Å². The number of pyridine rings is 2. The summed E-state index contributed by atoms with van der Waals surface area (Å²) in [4.78, 5) is 8.82. The highest BCUT2D eigenvalue weighted by Gasteiger charge is 2.08. The summed E-state index contributed by atoms with van der Waals surface area (Å²) in [6.07, 6.45) is 3.66. The van der Waals surface area contributed by atoms with Gasteiger partial charge in [-0.25, -0.2) is 4.98 Å². The Kier molecular flexibility index (Phi) is 5.16. The lowest BCUT2D eigenvalue weighted by Crippen LogP contribution is -1.98. The van der Waals surface area contributed by atoms with Crippen molar-refractivity contribution < 1.29 is 4.74 Å². The Labute approximate surface area is 182 Å². The molecule has 0 unspecified atom stereocenters. The summed E-state index contributed by atoms with van der Waals surface area (Å²) in [5.74, 6) is 0.830. The van der Waals surface area contributed by atoms with Gasteiger partial charge in [-0.15, -0.1) is 0 Å². The van der Waals surface area contributed by atoms with Crippen molar-refractivity contribution in [3.8, 4) is 28.0 Å². The zero-order chi connectivity index (χ0) is 21.0. The molecule has 0 aliphatic carbocycles. The molecular formula is C28H22N2O. The van der Waals surface area contributed by atoms with Gasteiger partial charge < -0.3 is 4.74 Å². The molecule has 0 saturated carbocycles. The van der Waals surface area contributed by atoms with E-state index in [0.717, 1.165) is 33.5 Å². The van der Waals surface area contributed by atoms with Gasteiger partial charge in [0.2, 0.25) is 0 Å². The number of fused-ring (bicyclic) bond motifs is 1. The fourth-order valence-electron chi connectivity index (χ4n) is 3.76. The molecule has 150 valence electrons. The molecule has 5 aromatic rings. The summed E-state index contributed by atoms with van der Waals surface area (Å²) in [7, 11) is 0. The van der Waals surface area contributed by atoms with Crippen molar-refractivity contribution in [1.82, 2.24) is 9.97 Å². The Balaban J connectivity index is 1.37. The van der Waals surface area contributed by atoms with E-state index in [9.17, 15) is 0 Å². The van der Waals surface area contributed by atoms with Crippen molar-refractivity contribution >= 4 is 10.9 Å². The minimum Gasteiger partial charge on any atom is -0.487 e. The number of para-hydroxylation sites is 1. The van der Waals surface area contributed by atoms with Crippen LogP contribution in [0.5, 0.6) is 5.75 Å². The summed E-state index contributed by atoms with van der Waals surface area (Å²) in [5, 5.41) is 1.14. The normalized spacial score (nSPS) is 10.9. The van der Waals surface area contributed by atoms with Crippen LogP contribution >= 0.6 is 0 Å². The highest BCUT2D eigenvalue weighted by atomic mass is 16.5. The predicted octanol–water partition coefficient (Wildman–Crippen LogP) is 6.85. The molecule has 0 N–H and O–H groups in total. The van der Waals surface area contributed by atoms with Crippen molar-refractivity contribution in [1.29, 1.82) is 0 Å². The van der Waals surface area contributed by atoms with Gasteiger partial charge in [0.05, 0.1) is 11.2 Å². The Hall–Kier alpha value is -3.98. The topological polar surface area (TPSA) is 35.0 Å². The van der Waals surface area contributed by atoms with Gasteiger partial charge >= 0.3 is 0 Å². The summed E-state index contributed by atoms with van der Waals surface area (Å²) in [6, 6.07) is 31.1. The number of aryl methyl sites for hydroxylation is 1. The Morgan fingerprint density at radius 3 is 2.32 bits per heavy atom. The first-order valence-corrected chi connectivity index (χ1v) is 10.4. The summed E-state index contributed by atoms with van der Waals surface area (Å²) < 4.78 is 6.00. The summed E-state index contributed by atoms with van der Waals surface area (Å²) >= 11 is 0. The molecular weight excluding hydrogens is 380 g/mol. The van der Waals surface area contributed by atoms with E-state index in [2.05, 4.69) is 59.4 Å². The number of nitrogens with zero attached hydrogens (tertiary/aromatic N) is 2. The fourth-order valence-corrected chi connectivity index (χ4v) is 3.76. The Morgan fingerprint density at radius 1 is 0.710 bits per heavy atom. The predicted molar refractivity (Wildman–Crippen MR) is 126 cm³/mol. The van der Waals surface area contributed by atoms with E-state index in [4.69, 9.17) is 4.74 Å². The van der Waals surface area contributed by atoms with E-state index in [1.807, 2.05) is 60.9 Å². The van der Waals surface area contributed by atoms with Gasteiger partial charge in [0.15, 0.2) is 0 Å². The molecule has 0 radical (unpaired) electrons. The number of benzene rings is 3. The zero-order valence-electron chi connectivity index (χ0n) is 17.3. The van der Waals surface area contributed by atoms with Gasteiger partial charge in [-0.3, -0.25) is 4.98 Å². The highest BCUT2D eigenvalue weighted by molar-refractivity contribution is 5.84. The van der Waals surface area contributed by atoms with Crippen molar-refractivity contribution in [2.45, 2.75) is 13.5 Å². The average molecular weight is 402 g/mol. The first-order chi connectivity index (χ1) is 15.3. The minimum absolute atomic E-state index is 0.441. The third kappa shape index (κ3) is 4.17. The molecule has 0 saturated heterocycles. The lowest BCUT2D eigenvalue weighted by atomic mass is 9.93. The second kappa shape index (κ2) is 8.41. The Morgan fingerprint density at radius 2 is 1.48 bits per heavy atom. The van der Waals surface area contributed by atoms with Gasteiger partial charge in [-0.05, 0) is 65.6 Å². The van der Waals surface area contributed by atoms with E-state index < -0.39 is 0 Å². The van der Waals surface area contributed by atoms with Crippen LogP contribution in [0.4, 0.5) is 0 Å². The molecule has 0 fully saturated rings. The molecule has 2 aromatic heterocycles. The first-order valence-electron chi connectivity index (χ1n) is 10.4.